The highest BCUT2D eigenvalue weighted by atomic mass is 16.5. The van der Waals surface area contributed by atoms with Crippen LogP contribution < -0.4 is 15.8 Å². The minimum absolute atomic E-state index is 0.277. The number of nitriles is 1. The van der Waals surface area contributed by atoms with Crippen LogP contribution in [0.1, 0.15) is 42.7 Å². The summed E-state index contributed by atoms with van der Waals surface area (Å²) < 4.78 is 6.12. The summed E-state index contributed by atoms with van der Waals surface area (Å²) in [6, 6.07) is 20.6. The Labute approximate surface area is 192 Å². The Hall–Kier alpha value is -4.11. The number of hydrogen-bond acceptors (Lipinski definition) is 6. The summed E-state index contributed by atoms with van der Waals surface area (Å²) in [6.45, 7) is 0. The monoisotopic (exact) mass is 433 g/mol. The number of nitrogens with one attached hydrogen (secondary N) is 1. The van der Waals surface area contributed by atoms with Gasteiger partial charge in [0.15, 0.2) is 0 Å². The third kappa shape index (κ3) is 4.06. The summed E-state index contributed by atoms with van der Waals surface area (Å²) in [6.07, 6.45) is 6.34. The van der Waals surface area contributed by atoms with Gasteiger partial charge in [0.2, 0.25) is 0 Å². The van der Waals surface area contributed by atoms with Crippen molar-refractivity contribution in [3.8, 4) is 22.9 Å². The standard InChI is InChI=1S/C27H23N5O/c28-14-19-11-21(13-23(17-1-2-17)27(19)33-22-8-9-22)31-20-6-3-16(4-7-20)18-5-10-24-25(12-18)30-15-26(29)32-24/h3-7,10-13,15,17,22,31H,1-2,8-9H2,(H2,29,32). The van der Waals surface area contributed by atoms with Crippen molar-refractivity contribution < 1.29 is 4.74 Å². The first kappa shape index (κ1) is 19.6. The van der Waals surface area contributed by atoms with Crippen LogP contribution in [-0.4, -0.2) is 16.1 Å². The Bertz CT molecular complexity index is 1400. The first-order valence-electron chi connectivity index (χ1n) is 11.3. The second-order valence-electron chi connectivity index (χ2n) is 8.85. The van der Waals surface area contributed by atoms with Gasteiger partial charge in [0.25, 0.3) is 0 Å². The average molecular weight is 434 g/mol. The molecule has 0 bridgehead atoms. The van der Waals surface area contributed by atoms with Crippen molar-refractivity contribution in [2.75, 3.05) is 11.1 Å². The van der Waals surface area contributed by atoms with Crippen molar-refractivity contribution in [1.82, 2.24) is 9.97 Å². The highest BCUT2D eigenvalue weighted by Crippen LogP contribution is 2.48. The fourth-order valence-electron chi connectivity index (χ4n) is 4.11. The number of nitrogens with two attached hydrogens (primary N) is 1. The molecule has 2 saturated carbocycles. The minimum atomic E-state index is 0.277. The van der Waals surface area contributed by atoms with Crippen molar-refractivity contribution >= 4 is 28.2 Å². The maximum atomic E-state index is 9.75. The summed E-state index contributed by atoms with van der Waals surface area (Å²) in [4.78, 5) is 8.68. The van der Waals surface area contributed by atoms with Gasteiger partial charge in [-0.2, -0.15) is 5.26 Å². The maximum Gasteiger partial charge on any atom is 0.142 e. The minimum Gasteiger partial charge on any atom is -0.489 e. The van der Waals surface area contributed by atoms with Crippen molar-refractivity contribution in [2.45, 2.75) is 37.7 Å². The van der Waals surface area contributed by atoms with Crippen LogP contribution in [0.5, 0.6) is 5.75 Å². The molecule has 0 saturated heterocycles. The predicted molar refractivity (Wildman–Crippen MR) is 129 cm³/mol. The van der Waals surface area contributed by atoms with Crippen molar-refractivity contribution in [3.63, 3.8) is 0 Å². The van der Waals surface area contributed by atoms with Crippen LogP contribution in [0, 0.1) is 11.3 Å². The summed E-state index contributed by atoms with van der Waals surface area (Å²) in [5.74, 6) is 1.72. The van der Waals surface area contributed by atoms with Gasteiger partial charge >= 0.3 is 0 Å². The quantitative estimate of drug-likeness (QED) is 0.392. The van der Waals surface area contributed by atoms with E-state index in [9.17, 15) is 5.26 Å². The lowest BCUT2D eigenvalue weighted by Gasteiger charge is -2.16. The smallest absolute Gasteiger partial charge is 0.142 e. The van der Waals surface area contributed by atoms with E-state index in [0.29, 0.717) is 17.3 Å². The summed E-state index contributed by atoms with van der Waals surface area (Å²) in [5, 5.41) is 13.2. The summed E-state index contributed by atoms with van der Waals surface area (Å²) in [7, 11) is 0. The molecule has 2 aliphatic carbocycles. The molecule has 2 fully saturated rings. The first-order chi connectivity index (χ1) is 16.2. The highest BCUT2D eigenvalue weighted by Gasteiger charge is 2.32. The van der Waals surface area contributed by atoms with Crippen LogP contribution in [0.4, 0.5) is 17.2 Å². The molecule has 3 aromatic carbocycles. The molecular formula is C27H23N5O. The van der Waals surface area contributed by atoms with E-state index in [1.54, 1.807) is 6.20 Å². The molecule has 6 nitrogen and oxygen atoms in total. The number of hydrogen-bond donors (Lipinski definition) is 2. The van der Waals surface area contributed by atoms with E-state index in [1.165, 1.54) is 0 Å². The third-order valence-electron chi connectivity index (χ3n) is 6.13. The van der Waals surface area contributed by atoms with E-state index < -0.39 is 0 Å². The van der Waals surface area contributed by atoms with E-state index in [4.69, 9.17) is 10.5 Å². The largest absolute Gasteiger partial charge is 0.489 e. The second kappa shape index (κ2) is 7.79. The molecular weight excluding hydrogens is 410 g/mol. The van der Waals surface area contributed by atoms with Gasteiger partial charge in [-0.15, -0.1) is 0 Å². The molecule has 1 aromatic heterocycles. The zero-order chi connectivity index (χ0) is 22.4. The number of anilines is 3. The highest BCUT2D eigenvalue weighted by molar-refractivity contribution is 5.82. The predicted octanol–water partition coefficient (Wildman–Crippen LogP) is 5.91. The van der Waals surface area contributed by atoms with Crippen LogP contribution in [-0.2, 0) is 0 Å². The SMILES string of the molecule is N#Cc1cc(Nc2ccc(-c3ccc4nc(N)cnc4c3)cc2)cc(C2CC2)c1OC1CC1. The van der Waals surface area contributed by atoms with Crippen molar-refractivity contribution in [3.05, 3.63) is 71.9 Å². The Kier molecular flexibility index (Phi) is 4.62. The fourth-order valence-corrected chi connectivity index (χ4v) is 4.11. The van der Waals surface area contributed by atoms with E-state index in [-0.39, 0.29) is 6.10 Å². The molecule has 6 heteroatoms. The lowest BCUT2D eigenvalue weighted by atomic mass is 10.0. The van der Waals surface area contributed by atoms with Gasteiger partial charge in [0.05, 0.1) is 28.9 Å². The van der Waals surface area contributed by atoms with Gasteiger partial charge in [-0.3, -0.25) is 4.98 Å². The van der Waals surface area contributed by atoms with Crippen molar-refractivity contribution in [2.24, 2.45) is 0 Å². The maximum absolute atomic E-state index is 9.75. The molecule has 0 radical (unpaired) electrons. The first-order valence-corrected chi connectivity index (χ1v) is 11.3. The van der Waals surface area contributed by atoms with E-state index in [1.807, 2.05) is 36.4 Å². The number of fused-ring (bicyclic) bond motifs is 1. The number of aromatic nitrogens is 2. The van der Waals surface area contributed by atoms with E-state index in [0.717, 1.165) is 70.5 Å². The zero-order valence-corrected chi connectivity index (χ0v) is 18.1. The molecule has 4 aromatic rings. The molecule has 0 spiro atoms. The molecule has 0 aliphatic heterocycles. The topological polar surface area (TPSA) is 96.9 Å². The van der Waals surface area contributed by atoms with E-state index >= 15 is 0 Å². The normalized spacial score (nSPS) is 15.2. The Morgan fingerprint density at radius 3 is 2.42 bits per heavy atom. The molecule has 0 amide bonds. The lowest BCUT2D eigenvalue weighted by molar-refractivity contribution is 0.299. The fraction of sp³-hybridized carbons (Fsp3) is 0.222. The van der Waals surface area contributed by atoms with Crippen LogP contribution in [0.15, 0.2) is 60.8 Å². The molecule has 2 aliphatic rings. The molecule has 162 valence electrons. The van der Waals surface area contributed by atoms with Crippen LogP contribution >= 0.6 is 0 Å². The van der Waals surface area contributed by atoms with Crippen molar-refractivity contribution in [1.29, 1.82) is 5.26 Å². The Morgan fingerprint density at radius 2 is 1.70 bits per heavy atom. The van der Waals surface area contributed by atoms with E-state index in [2.05, 4.69) is 39.6 Å². The van der Waals surface area contributed by atoms with Gasteiger partial charge in [-0.25, -0.2) is 4.98 Å². The van der Waals surface area contributed by atoms with Gasteiger partial charge in [-0.1, -0.05) is 18.2 Å². The molecule has 1 heterocycles. The second-order valence-corrected chi connectivity index (χ2v) is 8.85. The number of nitrogens with zero attached hydrogens (tertiary/aromatic N) is 3. The molecule has 6 rings (SSSR count). The number of rotatable bonds is 6. The molecule has 0 atom stereocenters. The van der Waals surface area contributed by atoms with Gasteiger partial charge in [0.1, 0.15) is 17.6 Å². The molecule has 3 N–H and O–H groups in total. The van der Waals surface area contributed by atoms with Crippen LogP contribution in [0.3, 0.4) is 0 Å². The summed E-state index contributed by atoms with van der Waals surface area (Å²) >= 11 is 0. The van der Waals surface area contributed by atoms with Crippen LogP contribution in [0.2, 0.25) is 0 Å². The number of nitrogen functional groups attached to an aromatic ring is 1. The third-order valence-corrected chi connectivity index (χ3v) is 6.13. The van der Waals surface area contributed by atoms with Gasteiger partial charge in [0, 0.05) is 16.9 Å². The van der Waals surface area contributed by atoms with Gasteiger partial charge < -0.3 is 15.8 Å². The Balaban J connectivity index is 1.26. The molecule has 0 unspecified atom stereocenters. The zero-order valence-electron chi connectivity index (χ0n) is 18.1. The Morgan fingerprint density at radius 1 is 0.909 bits per heavy atom. The van der Waals surface area contributed by atoms with Crippen LogP contribution in [0.25, 0.3) is 22.2 Å². The van der Waals surface area contributed by atoms with Gasteiger partial charge in [-0.05, 0) is 79.1 Å². The average Bonchev–Trinajstić information content (AvgIpc) is 3.75. The summed E-state index contributed by atoms with van der Waals surface area (Å²) in [5.41, 5.74) is 13.1. The number of ether oxygens (including phenoxy) is 1. The lowest BCUT2D eigenvalue weighted by Crippen LogP contribution is -2.03. The molecule has 33 heavy (non-hydrogen) atoms. The number of benzene rings is 3.